The summed E-state index contributed by atoms with van der Waals surface area (Å²) in [5, 5.41) is 2.64. The number of piperazine rings is 1. The summed E-state index contributed by atoms with van der Waals surface area (Å²) in [6.07, 6.45) is 0. The molecular weight excluding hydrogens is 408 g/mol. The van der Waals surface area contributed by atoms with Crippen molar-refractivity contribution in [3.05, 3.63) is 54.1 Å². The SMILES string of the molecule is CN1CCN(S(=O)(=O)c2ccc(NC(=O)COc3cccc(C(N)=O)c3)cc2)CC1. The molecule has 0 unspecified atom stereocenters. The molecule has 2 aromatic rings. The van der Waals surface area contributed by atoms with Crippen molar-refractivity contribution in [3.63, 3.8) is 0 Å². The van der Waals surface area contributed by atoms with Crippen LogP contribution in [0.5, 0.6) is 5.75 Å². The van der Waals surface area contributed by atoms with E-state index in [1.54, 1.807) is 18.2 Å². The second kappa shape index (κ2) is 9.24. The average Bonchev–Trinajstić information content (AvgIpc) is 2.73. The van der Waals surface area contributed by atoms with E-state index in [4.69, 9.17) is 10.5 Å². The third-order valence-electron chi connectivity index (χ3n) is 4.73. The zero-order valence-electron chi connectivity index (χ0n) is 16.6. The number of rotatable bonds is 7. The van der Waals surface area contributed by atoms with Gasteiger partial charge in [-0.05, 0) is 49.5 Å². The van der Waals surface area contributed by atoms with Gasteiger partial charge in [0.1, 0.15) is 5.75 Å². The fourth-order valence-corrected chi connectivity index (χ4v) is 4.40. The zero-order valence-corrected chi connectivity index (χ0v) is 17.4. The first-order valence-corrected chi connectivity index (χ1v) is 10.8. The lowest BCUT2D eigenvalue weighted by Gasteiger charge is -2.31. The van der Waals surface area contributed by atoms with Crippen LogP contribution in [0.2, 0.25) is 0 Å². The van der Waals surface area contributed by atoms with Crippen LogP contribution in [0.1, 0.15) is 10.4 Å². The first kappa shape index (κ1) is 21.8. The highest BCUT2D eigenvalue weighted by atomic mass is 32.2. The van der Waals surface area contributed by atoms with Gasteiger partial charge in [0.2, 0.25) is 15.9 Å². The molecule has 0 bridgehead atoms. The van der Waals surface area contributed by atoms with E-state index in [1.165, 1.54) is 34.6 Å². The average molecular weight is 433 g/mol. The van der Waals surface area contributed by atoms with Crippen molar-refractivity contribution in [2.45, 2.75) is 4.90 Å². The predicted molar refractivity (Wildman–Crippen MR) is 112 cm³/mol. The van der Waals surface area contributed by atoms with Gasteiger partial charge >= 0.3 is 0 Å². The van der Waals surface area contributed by atoms with E-state index in [2.05, 4.69) is 10.2 Å². The molecule has 0 spiro atoms. The van der Waals surface area contributed by atoms with Crippen LogP contribution in [0, 0.1) is 0 Å². The molecule has 10 heteroatoms. The van der Waals surface area contributed by atoms with Crippen molar-refractivity contribution in [2.24, 2.45) is 5.73 Å². The van der Waals surface area contributed by atoms with Gasteiger partial charge in [-0.2, -0.15) is 4.31 Å². The second-order valence-corrected chi connectivity index (χ2v) is 8.90. The Morgan fingerprint density at radius 1 is 1.07 bits per heavy atom. The fourth-order valence-electron chi connectivity index (χ4n) is 2.97. The normalized spacial score (nSPS) is 15.5. The molecule has 160 valence electrons. The third-order valence-corrected chi connectivity index (χ3v) is 6.64. The molecule has 1 heterocycles. The van der Waals surface area contributed by atoms with Crippen LogP contribution < -0.4 is 15.8 Å². The van der Waals surface area contributed by atoms with Gasteiger partial charge in [0, 0.05) is 37.4 Å². The van der Waals surface area contributed by atoms with Crippen LogP contribution in [0.15, 0.2) is 53.4 Å². The molecule has 0 saturated carbocycles. The number of nitrogens with two attached hydrogens (primary N) is 1. The summed E-state index contributed by atoms with van der Waals surface area (Å²) < 4.78 is 32.3. The minimum Gasteiger partial charge on any atom is -0.484 e. The lowest BCUT2D eigenvalue weighted by Crippen LogP contribution is -2.46. The fraction of sp³-hybridized carbons (Fsp3) is 0.300. The number of nitrogens with one attached hydrogen (secondary N) is 1. The Morgan fingerprint density at radius 3 is 2.37 bits per heavy atom. The smallest absolute Gasteiger partial charge is 0.262 e. The summed E-state index contributed by atoms with van der Waals surface area (Å²) in [6.45, 7) is 2.01. The van der Waals surface area contributed by atoms with Gasteiger partial charge in [-0.25, -0.2) is 8.42 Å². The van der Waals surface area contributed by atoms with Crippen LogP contribution in [0.25, 0.3) is 0 Å². The number of likely N-dealkylation sites (N-methyl/N-ethyl adjacent to an activating group) is 1. The van der Waals surface area contributed by atoms with Gasteiger partial charge < -0.3 is 20.7 Å². The van der Waals surface area contributed by atoms with Gasteiger partial charge in [-0.1, -0.05) is 6.07 Å². The summed E-state index contributed by atoms with van der Waals surface area (Å²) in [4.78, 5) is 25.6. The van der Waals surface area contributed by atoms with E-state index < -0.39 is 21.8 Å². The summed E-state index contributed by atoms with van der Waals surface area (Å²) in [5.41, 5.74) is 5.95. The monoisotopic (exact) mass is 432 g/mol. The molecule has 2 amide bonds. The van der Waals surface area contributed by atoms with E-state index in [0.717, 1.165) is 0 Å². The molecule has 0 radical (unpaired) electrons. The molecule has 0 atom stereocenters. The van der Waals surface area contributed by atoms with Gasteiger partial charge in [0.15, 0.2) is 6.61 Å². The standard InChI is InChI=1S/C20H24N4O5S/c1-23-9-11-24(12-10-23)30(27,28)18-7-5-16(6-8-18)22-19(25)14-29-17-4-2-3-15(13-17)20(21)26/h2-8,13H,9-12,14H2,1H3,(H2,21,26)(H,22,25). The lowest BCUT2D eigenvalue weighted by molar-refractivity contribution is -0.118. The molecule has 9 nitrogen and oxygen atoms in total. The Labute approximate surface area is 175 Å². The van der Waals surface area contributed by atoms with E-state index >= 15 is 0 Å². The summed E-state index contributed by atoms with van der Waals surface area (Å²) in [6, 6.07) is 12.2. The van der Waals surface area contributed by atoms with Gasteiger partial charge in [-0.3, -0.25) is 9.59 Å². The molecule has 3 rings (SSSR count). The zero-order chi connectivity index (χ0) is 21.7. The van der Waals surface area contributed by atoms with E-state index in [9.17, 15) is 18.0 Å². The summed E-state index contributed by atoms with van der Waals surface area (Å²) >= 11 is 0. The Bertz CT molecular complexity index is 1020. The van der Waals surface area contributed by atoms with E-state index in [1.807, 2.05) is 7.05 Å². The lowest BCUT2D eigenvalue weighted by atomic mass is 10.2. The summed E-state index contributed by atoms with van der Waals surface area (Å²) in [5.74, 6) is -0.666. The third kappa shape index (κ3) is 5.35. The number of ether oxygens (including phenoxy) is 1. The molecule has 0 aromatic heterocycles. The first-order valence-electron chi connectivity index (χ1n) is 9.37. The molecule has 0 aliphatic carbocycles. The second-order valence-electron chi connectivity index (χ2n) is 6.96. The molecular formula is C20H24N4O5S. The Balaban J connectivity index is 1.57. The molecule has 30 heavy (non-hydrogen) atoms. The maximum absolute atomic E-state index is 12.7. The first-order chi connectivity index (χ1) is 14.3. The number of carbonyl (C=O) groups is 2. The number of amides is 2. The van der Waals surface area contributed by atoms with Crippen LogP contribution in [-0.4, -0.2) is 69.3 Å². The van der Waals surface area contributed by atoms with E-state index in [-0.39, 0.29) is 17.1 Å². The molecule has 1 fully saturated rings. The maximum atomic E-state index is 12.7. The van der Waals surface area contributed by atoms with Gasteiger partial charge in [0.05, 0.1) is 4.90 Å². The highest BCUT2D eigenvalue weighted by Crippen LogP contribution is 2.20. The Hall–Kier alpha value is -2.95. The van der Waals surface area contributed by atoms with Crippen LogP contribution in [-0.2, 0) is 14.8 Å². The molecule has 2 aromatic carbocycles. The molecule has 1 aliphatic heterocycles. The number of anilines is 1. The summed E-state index contributed by atoms with van der Waals surface area (Å²) in [7, 11) is -1.60. The van der Waals surface area contributed by atoms with E-state index in [0.29, 0.717) is 37.6 Å². The minimum absolute atomic E-state index is 0.185. The van der Waals surface area contributed by atoms with Crippen LogP contribution in [0.4, 0.5) is 5.69 Å². The van der Waals surface area contributed by atoms with Crippen molar-refractivity contribution in [3.8, 4) is 5.75 Å². The van der Waals surface area contributed by atoms with Crippen molar-refractivity contribution < 1.29 is 22.7 Å². The number of nitrogens with zero attached hydrogens (tertiary/aromatic N) is 2. The largest absolute Gasteiger partial charge is 0.484 e. The molecule has 1 saturated heterocycles. The van der Waals surface area contributed by atoms with Crippen molar-refractivity contribution in [1.82, 2.24) is 9.21 Å². The van der Waals surface area contributed by atoms with Crippen molar-refractivity contribution in [2.75, 3.05) is 45.2 Å². The van der Waals surface area contributed by atoms with Gasteiger partial charge in [-0.15, -0.1) is 0 Å². The molecule has 3 N–H and O–H groups in total. The number of sulfonamides is 1. The number of carbonyl (C=O) groups excluding carboxylic acids is 2. The van der Waals surface area contributed by atoms with Crippen LogP contribution >= 0.6 is 0 Å². The Kier molecular flexibility index (Phi) is 6.70. The quantitative estimate of drug-likeness (QED) is 0.665. The number of hydrogen-bond donors (Lipinski definition) is 2. The van der Waals surface area contributed by atoms with Crippen molar-refractivity contribution in [1.29, 1.82) is 0 Å². The number of benzene rings is 2. The predicted octanol–water partition coefficient (Wildman–Crippen LogP) is 0.739. The topological polar surface area (TPSA) is 122 Å². The minimum atomic E-state index is -3.56. The Morgan fingerprint density at radius 2 is 1.73 bits per heavy atom. The van der Waals surface area contributed by atoms with Crippen molar-refractivity contribution >= 4 is 27.5 Å². The van der Waals surface area contributed by atoms with Crippen LogP contribution in [0.3, 0.4) is 0 Å². The highest BCUT2D eigenvalue weighted by molar-refractivity contribution is 7.89. The molecule has 1 aliphatic rings. The van der Waals surface area contributed by atoms with Gasteiger partial charge in [0.25, 0.3) is 5.91 Å². The number of primary amides is 1. The number of hydrogen-bond acceptors (Lipinski definition) is 6. The maximum Gasteiger partial charge on any atom is 0.262 e. The highest BCUT2D eigenvalue weighted by Gasteiger charge is 2.27.